The van der Waals surface area contributed by atoms with E-state index >= 15 is 0 Å². The molecular formula is C22H40ClFO. The highest BCUT2D eigenvalue weighted by atomic mass is 35.5. The molecule has 1 unspecified atom stereocenters. The Morgan fingerprint density at radius 1 is 1.08 bits per heavy atom. The first kappa shape index (κ1) is 28.9. The molecule has 3 heteroatoms. The lowest BCUT2D eigenvalue weighted by Gasteiger charge is -1.98. The number of rotatable bonds is 4. The second kappa shape index (κ2) is 19.4. The Kier molecular flexibility index (Phi) is 22.5. The van der Waals surface area contributed by atoms with Crippen LogP contribution in [0.3, 0.4) is 0 Å². The first-order valence-electron chi connectivity index (χ1n) is 9.45. The van der Waals surface area contributed by atoms with Crippen LogP contribution in [0.5, 0.6) is 0 Å². The zero-order valence-corrected chi connectivity index (χ0v) is 18.6. The zero-order valence-electron chi connectivity index (χ0n) is 17.9. The summed E-state index contributed by atoms with van der Waals surface area (Å²) < 4.78 is 12.4. The number of hydrogen-bond donors (Lipinski definition) is 0. The minimum Gasteiger partial charge on any atom is -0.300 e. The maximum Gasteiger partial charge on any atom is 0.141 e. The van der Waals surface area contributed by atoms with Gasteiger partial charge in [0, 0.05) is 5.92 Å². The Hall–Kier alpha value is -0.890. The quantitative estimate of drug-likeness (QED) is 0.518. The van der Waals surface area contributed by atoms with Crippen LogP contribution in [0.4, 0.5) is 4.39 Å². The molecular weight excluding hydrogens is 335 g/mol. The standard InChI is InChI=1S/C7H6ClF.C6H12O.C5H12.C4H10/c1-5-2-3-7(9)6(8)4-5;1-4-5(2)6(3)7;1-3-5-4-2;1-4(2)3/h2-4H,1H3;5H,4H2,1-3H3;3-5H2,1-2H3;4H,1-3H3. The Balaban J connectivity index is -0.000000273. The van der Waals surface area contributed by atoms with E-state index in [1.54, 1.807) is 19.1 Å². The molecule has 0 bridgehead atoms. The molecule has 0 aliphatic carbocycles. The molecule has 0 spiro atoms. The van der Waals surface area contributed by atoms with Crippen molar-refractivity contribution in [2.45, 2.75) is 88.0 Å². The van der Waals surface area contributed by atoms with Crippen LogP contribution in [-0.2, 0) is 4.79 Å². The van der Waals surface area contributed by atoms with Crippen molar-refractivity contribution in [3.63, 3.8) is 0 Å². The normalized spacial score (nSPS) is 10.4. The summed E-state index contributed by atoms with van der Waals surface area (Å²) in [6.45, 7) is 18.4. The molecule has 0 aromatic heterocycles. The predicted molar refractivity (Wildman–Crippen MR) is 112 cm³/mol. The summed E-state index contributed by atoms with van der Waals surface area (Å²) in [6, 6.07) is 4.63. The molecule has 1 rings (SSSR count). The highest BCUT2D eigenvalue weighted by molar-refractivity contribution is 6.30. The Morgan fingerprint density at radius 2 is 1.52 bits per heavy atom. The summed E-state index contributed by atoms with van der Waals surface area (Å²) in [5.41, 5.74) is 0.974. The van der Waals surface area contributed by atoms with Gasteiger partial charge >= 0.3 is 0 Å². The summed E-state index contributed by atoms with van der Waals surface area (Å²) >= 11 is 5.44. The molecule has 1 nitrogen and oxygen atoms in total. The van der Waals surface area contributed by atoms with Crippen LogP contribution in [0.15, 0.2) is 18.2 Å². The highest BCUT2D eigenvalue weighted by Crippen LogP contribution is 2.14. The van der Waals surface area contributed by atoms with E-state index in [1.807, 2.05) is 20.8 Å². The second-order valence-electron chi connectivity index (χ2n) is 6.92. The number of carbonyl (C=O) groups excluding carboxylic acids is 1. The van der Waals surface area contributed by atoms with E-state index in [0.29, 0.717) is 5.78 Å². The zero-order chi connectivity index (χ0) is 20.4. The van der Waals surface area contributed by atoms with Gasteiger partial charge in [-0.3, -0.25) is 4.79 Å². The van der Waals surface area contributed by atoms with Gasteiger partial charge in [0.2, 0.25) is 0 Å². The van der Waals surface area contributed by atoms with E-state index in [9.17, 15) is 9.18 Å². The minimum absolute atomic E-state index is 0.190. The third kappa shape index (κ3) is 25.5. The molecule has 0 aliphatic rings. The fourth-order valence-corrected chi connectivity index (χ4v) is 1.48. The third-order valence-corrected chi connectivity index (χ3v) is 3.38. The van der Waals surface area contributed by atoms with E-state index in [4.69, 9.17) is 11.6 Å². The van der Waals surface area contributed by atoms with Crippen LogP contribution in [0.25, 0.3) is 0 Å². The smallest absolute Gasteiger partial charge is 0.141 e. The Labute approximate surface area is 161 Å². The molecule has 0 saturated carbocycles. The van der Waals surface area contributed by atoms with Gasteiger partial charge < -0.3 is 0 Å². The SMILES string of the molecule is CC(C)C.CCC(C)C(C)=O.CCCCC.Cc1ccc(F)c(Cl)c1. The lowest BCUT2D eigenvalue weighted by molar-refractivity contribution is -0.120. The van der Waals surface area contributed by atoms with Gasteiger partial charge in [-0.2, -0.15) is 0 Å². The van der Waals surface area contributed by atoms with Gasteiger partial charge in [0.05, 0.1) is 5.02 Å². The fraction of sp³-hybridized carbons (Fsp3) is 0.682. The minimum atomic E-state index is -0.359. The van der Waals surface area contributed by atoms with E-state index in [2.05, 4.69) is 34.6 Å². The van der Waals surface area contributed by atoms with Gasteiger partial charge in [-0.25, -0.2) is 4.39 Å². The van der Waals surface area contributed by atoms with E-state index in [1.165, 1.54) is 25.3 Å². The number of hydrogen-bond acceptors (Lipinski definition) is 1. The molecule has 1 aromatic rings. The van der Waals surface area contributed by atoms with Crippen LogP contribution in [-0.4, -0.2) is 5.78 Å². The van der Waals surface area contributed by atoms with Gasteiger partial charge in [0.25, 0.3) is 0 Å². The number of halogens is 2. The van der Waals surface area contributed by atoms with Crippen molar-refractivity contribution >= 4 is 17.4 Å². The Bertz CT molecular complexity index is 425. The molecule has 0 radical (unpaired) electrons. The summed E-state index contributed by atoms with van der Waals surface area (Å²) in [4.78, 5) is 10.4. The molecule has 0 fully saturated rings. The first-order valence-corrected chi connectivity index (χ1v) is 9.83. The van der Waals surface area contributed by atoms with Crippen molar-refractivity contribution in [3.8, 4) is 0 Å². The Morgan fingerprint density at radius 3 is 1.68 bits per heavy atom. The average Bonchev–Trinajstić information content (AvgIpc) is 2.52. The van der Waals surface area contributed by atoms with Gasteiger partial charge in [-0.05, 0) is 43.9 Å². The summed E-state index contributed by atoms with van der Waals surface area (Å²) in [5.74, 6) is 1.03. The van der Waals surface area contributed by atoms with E-state index in [0.717, 1.165) is 17.9 Å². The molecule has 0 heterocycles. The van der Waals surface area contributed by atoms with Gasteiger partial charge in [0.1, 0.15) is 11.6 Å². The van der Waals surface area contributed by atoms with Crippen molar-refractivity contribution in [1.29, 1.82) is 0 Å². The third-order valence-electron chi connectivity index (χ3n) is 3.09. The molecule has 0 saturated heterocycles. The summed E-state index contributed by atoms with van der Waals surface area (Å²) in [6.07, 6.45) is 5.04. The van der Waals surface area contributed by atoms with Crippen molar-refractivity contribution in [2.24, 2.45) is 11.8 Å². The molecule has 148 valence electrons. The van der Waals surface area contributed by atoms with Crippen LogP contribution in [0.1, 0.15) is 86.6 Å². The van der Waals surface area contributed by atoms with E-state index < -0.39 is 0 Å². The number of benzene rings is 1. The van der Waals surface area contributed by atoms with Crippen LogP contribution >= 0.6 is 11.6 Å². The number of Topliss-reactive ketones (excluding diaryl/α,β-unsaturated/α-hetero) is 1. The molecule has 1 aromatic carbocycles. The predicted octanol–water partition coefficient (Wildman–Crippen LogP) is 8.27. The van der Waals surface area contributed by atoms with Crippen molar-refractivity contribution < 1.29 is 9.18 Å². The monoisotopic (exact) mass is 374 g/mol. The van der Waals surface area contributed by atoms with Gasteiger partial charge in [0.15, 0.2) is 0 Å². The van der Waals surface area contributed by atoms with Gasteiger partial charge in [-0.15, -0.1) is 0 Å². The van der Waals surface area contributed by atoms with Crippen molar-refractivity contribution in [2.75, 3.05) is 0 Å². The number of unbranched alkanes of at least 4 members (excludes halogenated alkanes) is 2. The lowest BCUT2D eigenvalue weighted by atomic mass is 10.1. The first-order chi connectivity index (χ1) is 11.5. The highest BCUT2D eigenvalue weighted by Gasteiger charge is 2.01. The second-order valence-corrected chi connectivity index (χ2v) is 7.33. The molecule has 1 atom stereocenters. The van der Waals surface area contributed by atoms with E-state index in [-0.39, 0.29) is 16.8 Å². The summed E-state index contributed by atoms with van der Waals surface area (Å²) in [7, 11) is 0. The number of aryl methyl sites for hydroxylation is 1. The molecule has 25 heavy (non-hydrogen) atoms. The largest absolute Gasteiger partial charge is 0.300 e. The maximum atomic E-state index is 12.4. The van der Waals surface area contributed by atoms with Gasteiger partial charge in [-0.1, -0.05) is 85.4 Å². The van der Waals surface area contributed by atoms with Crippen molar-refractivity contribution in [3.05, 3.63) is 34.6 Å². The maximum absolute atomic E-state index is 12.4. The topological polar surface area (TPSA) is 17.1 Å². The molecule has 0 aliphatic heterocycles. The van der Waals surface area contributed by atoms with Crippen LogP contribution in [0, 0.1) is 24.6 Å². The summed E-state index contributed by atoms with van der Waals surface area (Å²) in [5, 5.41) is 0.190. The van der Waals surface area contributed by atoms with Crippen LogP contribution in [0.2, 0.25) is 5.02 Å². The van der Waals surface area contributed by atoms with Crippen molar-refractivity contribution in [1.82, 2.24) is 0 Å². The molecule has 0 amide bonds. The van der Waals surface area contributed by atoms with Crippen LogP contribution < -0.4 is 0 Å². The number of ketones is 1. The lowest BCUT2D eigenvalue weighted by Crippen LogP contribution is -2.03. The average molecular weight is 375 g/mol. The molecule has 0 N–H and O–H groups in total. The fourth-order valence-electron chi connectivity index (χ4n) is 1.24. The number of carbonyl (C=O) groups is 1.